The summed E-state index contributed by atoms with van der Waals surface area (Å²) in [6.45, 7) is 0. The lowest BCUT2D eigenvalue weighted by Crippen LogP contribution is -2.11. The molecule has 0 radical (unpaired) electrons. The average Bonchev–Trinajstić information content (AvgIpc) is 2.36. The first-order valence-corrected chi connectivity index (χ1v) is 6.12. The van der Waals surface area contributed by atoms with E-state index in [-0.39, 0.29) is 0 Å². The molecule has 0 N–H and O–H groups in total. The Hall–Kier alpha value is -1.56. The number of rotatable bonds is 3. The molecule has 0 aliphatic heterocycles. The lowest BCUT2D eigenvalue weighted by Gasteiger charge is -2.17. The van der Waals surface area contributed by atoms with Crippen molar-refractivity contribution in [1.29, 1.82) is 0 Å². The van der Waals surface area contributed by atoms with Crippen LogP contribution in [0.25, 0.3) is 10.9 Å². The van der Waals surface area contributed by atoms with Gasteiger partial charge in [-0.05, 0) is 22.0 Å². The highest BCUT2D eigenvalue weighted by Gasteiger charge is 2.17. The van der Waals surface area contributed by atoms with Crippen LogP contribution in [0.1, 0.15) is 0 Å². The number of fused-ring (bicyclic) bond motifs is 1. The monoisotopic (exact) mass is 311 g/mol. The minimum absolute atomic E-state index is 0.604. The number of ether oxygens (including phenoxy) is 2. The summed E-state index contributed by atoms with van der Waals surface area (Å²) in [7, 11) is 7.07. The van der Waals surface area contributed by atoms with Crippen molar-refractivity contribution in [2.75, 3.05) is 33.2 Å². The molecule has 0 unspecified atom stereocenters. The lowest BCUT2D eigenvalue weighted by atomic mass is 10.2. The molecular weight excluding hydrogens is 298 g/mol. The molecule has 1 aromatic carbocycles. The third-order valence-electron chi connectivity index (χ3n) is 2.60. The van der Waals surface area contributed by atoms with Crippen molar-refractivity contribution in [2.45, 2.75) is 0 Å². The smallest absolute Gasteiger partial charge is 0.188 e. The van der Waals surface area contributed by atoms with Crippen LogP contribution in [0.5, 0.6) is 11.5 Å². The zero-order chi connectivity index (χ0) is 13.3. The number of aromatic nitrogens is 2. The molecule has 18 heavy (non-hydrogen) atoms. The van der Waals surface area contributed by atoms with Gasteiger partial charge in [0.1, 0.15) is 17.7 Å². The summed E-state index contributed by atoms with van der Waals surface area (Å²) < 4.78 is 11.5. The van der Waals surface area contributed by atoms with E-state index in [1.807, 2.05) is 25.1 Å². The highest BCUT2D eigenvalue weighted by atomic mass is 79.9. The fourth-order valence-corrected chi connectivity index (χ4v) is 2.42. The van der Waals surface area contributed by atoms with Gasteiger partial charge in [0, 0.05) is 19.5 Å². The molecular formula is C12H14BrN3O2. The highest BCUT2D eigenvalue weighted by Crippen LogP contribution is 2.42. The van der Waals surface area contributed by atoms with Crippen LogP contribution in [-0.4, -0.2) is 38.3 Å². The molecule has 96 valence electrons. The second-order valence-electron chi connectivity index (χ2n) is 3.91. The van der Waals surface area contributed by atoms with Gasteiger partial charge in [0.25, 0.3) is 0 Å². The maximum Gasteiger partial charge on any atom is 0.188 e. The largest absolute Gasteiger partial charge is 0.492 e. The first-order valence-electron chi connectivity index (χ1n) is 5.32. The molecule has 0 saturated heterocycles. The van der Waals surface area contributed by atoms with E-state index in [1.54, 1.807) is 14.2 Å². The SMILES string of the molecule is COc1c(Br)cc2c(N(C)C)ncnc2c1OC. The Morgan fingerprint density at radius 2 is 1.78 bits per heavy atom. The Morgan fingerprint density at radius 1 is 1.11 bits per heavy atom. The predicted molar refractivity (Wildman–Crippen MR) is 74.7 cm³/mol. The second kappa shape index (κ2) is 4.97. The van der Waals surface area contributed by atoms with E-state index in [1.165, 1.54) is 6.33 Å². The summed E-state index contributed by atoms with van der Waals surface area (Å²) in [6, 6.07) is 1.94. The molecule has 2 aromatic rings. The van der Waals surface area contributed by atoms with Gasteiger partial charge in [-0.1, -0.05) is 0 Å². The molecule has 6 heteroatoms. The molecule has 1 heterocycles. The van der Waals surface area contributed by atoms with Crippen molar-refractivity contribution in [1.82, 2.24) is 9.97 Å². The molecule has 1 aromatic heterocycles. The number of hydrogen-bond donors (Lipinski definition) is 0. The molecule has 0 spiro atoms. The zero-order valence-electron chi connectivity index (χ0n) is 10.7. The highest BCUT2D eigenvalue weighted by molar-refractivity contribution is 9.10. The molecule has 0 aliphatic rings. The van der Waals surface area contributed by atoms with Crippen LogP contribution in [0.15, 0.2) is 16.9 Å². The number of anilines is 1. The Bertz CT molecular complexity index is 587. The fraction of sp³-hybridized carbons (Fsp3) is 0.333. The van der Waals surface area contributed by atoms with Gasteiger partial charge in [-0.25, -0.2) is 9.97 Å². The van der Waals surface area contributed by atoms with Gasteiger partial charge in [0.05, 0.1) is 18.7 Å². The maximum absolute atomic E-state index is 5.40. The predicted octanol–water partition coefficient (Wildman–Crippen LogP) is 2.48. The Balaban J connectivity index is 2.87. The van der Waals surface area contributed by atoms with E-state index in [2.05, 4.69) is 25.9 Å². The normalized spacial score (nSPS) is 10.5. The van der Waals surface area contributed by atoms with Gasteiger partial charge in [-0.2, -0.15) is 0 Å². The quantitative estimate of drug-likeness (QED) is 0.871. The minimum atomic E-state index is 0.604. The van der Waals surface area contributed by atoms with Crippen molar-refractivity contribution in [2.24, 2.45) is 0 Å². The topological polar surface area (TPSA) is 47.5 Å². The van der Waals surface area contributed by atoms with Crippen LogP contribution in [0.2, 0.25) is 0 Å². The summed E-state index contributed by atoms with van der Waals surface area (Å²) in [5.74, 6) is 2.07. The number of benzene rings is 1. The van der Waals surface area contributed by atoms with E-state index >= 15 is 0 Å². The molecule has 0 aliphatic carbocycles. The third-order valence-corrected chi connectivity index (χ3v) is 3.19. The average molecular weight is 312 g/mol. The number of hydrogen-bond acceptors (Lipinski definition) is 5. The summed E-state index contributed by atoms with van der Waals surface area (Å²) >= 11 is 3.47. The van der Waals surface area contributed by atoms with Crippen molar-refractivity contribution in [3.05, 3.63) is 16.9 Å². The summed E-state index contributed by atoms with van der Waals surface area (Å²) in [4.78, 5) is 10.5. The van der Waals surface area contributed by atoms with Crippen LogP contribution < -0.4 is 14.4 Å². The first kappa shape index (κ1) is 12.9. The maximum atomic E-state index is 5.40. The Labute approximate surface area is 114 Å². The molecule has 0 bridgehead atoms. The zero-order valence-corrected chi connectivity index (χ0v) is 12.3. The van der Waals surface area contributed by atoms with Crippen LogP contribution in [0.4, 0.5) is 5.82 Å². The van der Waals surface area contributed by atoms with Crippen molar-refractivity contribution < 1.29 is 9.47 Å². The fourth-order valence-electron chi connectivity index (χ4n) is 1.84. The van der Waals surface area contributed by atoms with E-state index in [0.29, 0.717) is 11.5 Å². The summed E-state index contributed by atoms with van der Waals surface area (Å²) in [6.07, 6.45) is 1.52. The number of halogens is 1. The summed E-state index contributed by atoms with van der Waals surface area (Å²) in [5.41, 5.74) is 0.733. The van der Waals surface area contributed by atoms with Crippen LogP contribution >= 0.6 is 15.9 Å². The van der Waals surface area contributed by atoms with Gasteiger partial charge in [0.2, 0.25) is 0 Å². The molecule has 0 atom stereocenters. The van der Waals surface area contributed by atoms with E-state index in [9.17, 15) is 0 Å². The van der Waals surface area contributed by atoms with Crippen molar-refractivity contribution in [3.63, 3.8) is 0 Å². The standard InChI is InChI=1S/C12H14BrN3O2/c1-16(2)12-7-5-8(13)10(17-3)11(18-4)9(7)14-6-15-12/h5-6H,1-4H3. The van der Waals surface area contributed by atoms with Gasteiger partial charge < -0.3 is 14.4 Å². The van der Waals surface area contributed by atoms with E-state index in [4.69, 9.17) is 9.47 Å². The van der Waals surface area contributed by atoms with Crippen molar-refractivity contribution in [3.8, 4) is 11.5 Å². The van der Waals surface area contributed by atoms with Crippen LogP contribution in [0.3, 0.4) is 0 Å². The van der Waals surface area contributed by atoms with Gasteiger partial charge in [-0.3, -0.25) is 0 Å². The van der Waals surface area contributed by atoms with E-state index < -0.39 is 0 Å². The minimum Gasteiger partial charge on any atom is -0.492 e. The van der Waals surface area contributed by atoms with Crippen LogP contribution in [-0.2, 0) is 0 Å². The van der Waals surface area contributed by atoms with Gasteiger partial charge >= 0.3 is 0 Å². The lowest BCUT2D eigenvalue weighted by molar-refractivity contribution is 0.356. The number of nitrogens with zero attached hydrogens (tertiary/aromatic N) is 3. The number of methoxy groups -OCH3 is 2. The first-order chi connectivity index (χ1) is 8.60. The van der Waals surface area contributed by atoms with Gasteiger partial charge in [0.15, 0.2) is 11.5 Å². The Kier molecular flexibility index (Phi) is 3.56. The molecule has 0 fully saturated rings. The molecule has 0 saturated carbocycles. The molecule has 0 amide bonds. The van der Waals surface area contributed by atoms with Gasteiger partial charge in [-0.15, -0.1) is 0 Å². The second-order valence-corrected chi connectivity index (χ2v) is 4.77. The molecule has 5 nitrogen and oxygen atoms in total. The molecule has 2 rings (SSSR count). The van der Waals surface area contributed by atoms with E-state index in [0.717, 1.165) is 21.2 Å². The third kappa shape index (κ3) is 1.96. The van der Waals surface area contributed by atoms with Crippen molar-refractivity contribution >= 4 is 32.7 Å². The summed E-state index contributed by atoms with van der Waals surface area (Å²) in [5, 5.41) is 0.909. The van der Waals surface area contributed by atoms with Crippen LogP contribution in [0, 0.1) is 0 Å². The Morgan fingerprint density at radius 3 is 2.33 bits per heavy atom.